The summed E-state index contributed by atoms with van der Waals surface area (Å²) in [6.45, 7) is 3.46. The fourth-order valence-electron chi connectivity index (χ4n) is 4.59. The fourth-order valence-corrected chi connectivity index (χ4v) is 4.59. The number of carbonyl (C=O) groups excluding carboxylic acids is 2. The summed E-state index contributed by atoms with van der Waals surface area (Å²) in [5.74, 6) is 0.954. The summed E-state index contributed by atoms with van der Waals surface area (Å²) in [7, 11) is 0. The molecule has 0 spiro atoms. The molecule has 0 radical (unpaired) electrons. The molecule has 0 unspecified atom stereocenters. The Morgan fingerprint density at radius 2 is 2.00 bits per heavy atom. The number of furan rings is 1. The number of nitrogens with zero attached hydrogens (tertiary/aromatic N) is 1. The Kier molecular flexibility index (Phi) is 5.19. The molecular weight excluding hydrogens is 342 g/mol. The van der Waals surface area contributed by atoms with Crippen LogP contribution in [0.4, 0.5) is 0 Å². The van der Waals surface area contributed by atoms with Gasteiger partial charge in [0.2, 0.25) is 0 Å². The van der Waals surface area contributed by atoms with Crippen molar-refractivity contribution >= 4 is 22.8 Å². The van der Waals surface area contributed by atoms with Gasteiger partial charge in [0.1, 0.15) is 5.58 Å². The maximum Gasteiger partial charge on any atom is 0.310 e. The van der Waals surface area contributed by atoms with Crippen LogP contribution in [0.1, 0.15) is 43.2 Å². The average Bonchev–Trinajstić information content (AvgIpc) is 3.07. The maximum absolute atomic E-state index is 12.5. The zero-order valence-corrected chi connectivity index (χ0v) is 15.9. The molecule has 27 heavy (non-hydrogen) atoms. The van der Waals surface area contributed by atoms with Crippen molar-refractivity contribution in [2.45, 2.75) is 45.4 Å². The van der Waals surface area contributed by atoms with E-state index in [9.17, 15) is 9.59 Å². The topological polar surface area (TPSA) is 59.8 Å². The number of benzene rings is 1. The van der Waals surface area contributed by atoms with Gasteiger partial charge in [0.25, 0.3) is 5.91 Å². The van der Waals surface area contributed by atoms with Crippen molar-refractivity contribution in [1.29, 1.82) is 0 Å². The summed E-state index contributed by atoms with van der Waals surface area (Å²) in [5, 5.41) is 0.920. The van der Waals surface area contributed by atoms with E-state index < -0.39 is 0 Å². The second kappa shape index (κ2) is 7.75. The molecule has 2 aromatic rings. The molecule has 0 bridgehead atoms. The van der Waals surface area contributed by atoms with E-state index in [1.165, 1.54) is 25.7 Å². The number of rotatable bonds is 4. The monoisotopic (exact) mass is 369 g/mol. The molecule has 2 heterocycles. The summed E-state index contributed by atoms with van der Waals surface area (Å²) in [6.07, 6.45) is 7.94. The van der Waals surface area contributed by atoms with E-state index >= 15 is 0 Å². The van der Waals surface area contributed by atoms with E-state index in [1.54, 1.807) is 6.26 Å². The van der Waals surface area contributed by atoms with Crippen LogP contribution in [-0.4, -0.2) is 36.5 Å². The molecule has 1 saturated heterocycles. The lowest BCUT2D eigenvalue weighted by Gasteiger charge is -2.41. The third kappa shape index (κ3) is 4.02. The van der Waals surface area contributed by atoms with Gasteiger partial charge in [-0.3, -0.25) is 9.59 Å². The molecule has 0 N–H and O–H groups in total. The van der Waals surface area contributed by atoms with E-state index in [0.717, 1.165) is 47.5 Å². The van der Waals surface area contributed by atoms with Crippen LogP contribution in [0.3, 0.4) is 0 Å². The highest BCUT2D eigenvalue weighted by atomic mass is 16.5. The van der Waals surface area contributed by atoms with Crippen molar-refractivity contribution in [2.24, 2.45) is 11.8 Å². The molecule has 1 saturated carbocycles. The standard InChI is InChI=1S/C22H27NO4/c1-15-6-7-19-18(13-26-20(19)10-15)11-22(25)27-14-21(24)23-9-8-16-4-2-3-5-17(16)12-23/h6-7,10,13,16-17H,2-5,8-9,11-12,14H2,1H3/t16-,17+/m0/s1. The number of hydrogen-bond acceptors (Lipinski definition) is 4. The molecule has 2 aliphatic rings. The highest BCUT2D eigenvalue weighted by molar-refractivity contribution is 5.87. The number of piperidine rings is 1. The quantitative estimate of drug-likeness (QED) is 0.768. The second-order valence-electron chi connectivity index (χ2n) is 8.03. The van der Waals surface area contributed by atoms with Gasteiger partial charge < -0.3 is 14.1 Å². The van der Waals surface area contributed by atoms with E-state index in [1.807, 2.05) is 30.0 Å². The SMILES string of the molecule is Cc1ccc2c(CC(=O)OCC(=O)N3CC[C@@H]4CCCC[C@@H]4C3)coc2c1. The fraction of sp³-hybridized carbons (Fsp3) is 0.545. The first-order valence-electron chi connectivity index (χ1n) is 10.0. The van der Waals surface area contributed by atoms with E-state index in [-0.39, 0.29) is 24.9 Å². The number of ether oxygens (including phenoxy) is 1. The van der Waals surface area contributed by atoms with E-state index in [0.29, 0.717) is 5.92 Å². The molecule has 5 nitrogen and oxygen atoms in total. The Balaban J connectivity index is 1.29. The van der Waals surface area contributed by atoms with Crippen LogP contribution in [-0.2, 0) is 20.7 Å². The van der Waals surface area contributed by atoms with Gasteiger partial charge in [0.15, 0.2) is 6.61 Å². The lowest BCUT2D eigenvalue weighted by atomic mass is 9.75. The Labute approximate surface area is 159 Å². The summed E-state index contributed by atoms with van der Waals surface area (Å²) < 4.78 is 10.8. The van der Waals surface area contributed by atoms with Crippen molar-refractivity contribution in [3.8, 4) is 0 Å². The minimum absolute atomic E-state index is 0.0694. The minimum atomic E-state index is -0.390. The predicted molar refractivity (Wildman–Crippen MR) is 102 cm³/mol. The Morgan fingerprint density at radius 1 is 1.19 bits per heavy atom. The molecule has 144 valence electrons. The normalized spacial score (nSPS) is 22.5. The van der Waals surface area contributed by atoms with Gasteiger partial charge >= 0.3 is 5.97 Å². The molecule has 2 atom stereocenters. The maximum atomic E-state index is 12.5. The van der Waals surface area contributed by atoms with E-state index in [4.69, 9.17) is 9.15 Å². The molecule has 1 aliphatic heterocycles. The van der Waals surface area contributed by atoms with Crippen molar-refractivity contribution in [2.75, 3.05) is 19.7 Å². The largest absolute Gasteiger partial charge is 0.464 e. The average molecular weight is 369 g/mol. The number of fused-ring (bicyclic) bond motifs is 2. The van der Waals surface area contributed by atoms with Crippen molar-refractivity contribution in [1.82, 2.24) is 4.90 Å². The van der Waals surface area contributed by atoms with Crippen LogP contribution in [0.2, 0.25) is 0 Å². The molecule has 1 aliphatic carbocycles. The molecule has 2 fully saturated rings. The minimum Gasteiger partial charge on any atom is -0.464 e. The molecular formula is C22H27NO4. The molecule has 1 aromatic heterocycles. The van der Waals surface area contributed by atoms with Crippen LogP contribution >= 0.6 is 0 Å². The Hall–Kier alpha value is -2.30. The zero-order valence-electron chi connectivity index (χ0n) is 15.9. The first-order valence-corrected chi connectivity index (χ1v) is 10.0. The second-order valence-corrected chi connectivity index (χ2v) is 8.03. The van der Waals surface area contributed by atoms with Gasteiger partial charge in [-0.25, -0.2) is 0 Å². The number of hydrogen-bond donors (Lipinski definition) is 0. The molecule has 1 amide bonds. The summed E-state index contributed by atoms with van der Waals surface area (Å²) >= 11 is 0. The number of likely N-dealkylation sites (tertiary alicyclic amines) is 1. The van der Waals surface area contributed by atoms with Gasteiger partial charge in [-0.1, -0.05) is 31.4 Å². The summed E-state index contributed by atoms with van der Waals surface area (Å²) in [6, 6.07) is 5.89. The van der Waals surface area contributed by atoms with Crippen LogP contribution in [0, 0.1) is 18.8 Å². The Bertz CT molecular complexity index is 840. The number of amides is 1. The van der Waals surface area contributed by atoms with Crippen LogP contribution in [0.15, 0.2) is 28.9 Å². The number of aryl methyl sites for hydroxylation is 1. The van der Waals surface area contributed by atoms with Gasteiger partial charge in [-0.15, -0.1) is 0 Å². The first kappa shape index (κ1) is 18.1. The van der Waals surface area contributed by atoms with Crippen molar-refractivity contribution < 1.29 is 18.7 Å². The van der Waals surface area contributed by atoms with E-state index in [2.05, 4.69) is 0 Å². The summed E-state index contributed by atoms with van der Waals surface area (Å²) in [5.41, 5.74) is 2.67. The highest BCUT2D eigenvalue weighted by Crippen LogP contribution is 2.36. The third-order valence-corrected chi connectivity index (χ3v) is 6.15. The van der Waals surface area contributed by atoms with Crippen molar-refractivity contribution in [3.63, 3.8) is 0 Å². The Morgan fingerprint density at radius 3 is 2.85 bits per heavy atom. The van der Waals surface area contributed by atoms with Crippen molar-refractivity contribution in [3.05, 3.63) is 35.6 Å². The summed E-state index contributed by atoms with van der Waals surface area (Å²) in [4.78, 5) is 26.5. The zero-order chi connectivity index (χ0) is 18.8. The van der Waals surface area contributed by atoms with Gasteiger partial charge in [0.05, 0.1) is 12.7 Å². The predicted octanol–water partition coefficient (Wildman–Crippen LogP) is 3.87. The third-order valence-electron chi connectivity index (χ3n) is 6.15. The lowest BCUT2D eigenvalue weighted by molar-refractivity contribution is -0.152. The van der Waals surface area contributed by atoms with Gasteiger partial charge in [0, 0.05) is 24.0 Å². The number of carbonyl (C=O) groups is 2. The number of esters is 1. The molecule has 4 rings (SSSR count). The van der Waals surface area contributed by atoms with Crippen LogP contribution in [0.25, 0.3) is 11.0 Å². The molecule has 1 aromatic carbocycles. The van der Waals surface area contributed by atoms with Crippen LogP contribution in [0.5, 0.6) is 0 Å². The first-order chi connectivity index (χ1) is 13.1. The van der Waals surface area contributed by atoms with Crippen LogP contribution < -0.4 is 0 Å². The highest BCUT2D eigenvalue weighted by Gasteiger charge is 2.33. The molecule has 5 heteroatoms. The van der Waals surface area contributed by atoms with Gasteiger partial charge in [-0.2, -0.15) is 0 Å². The lowest BCUT2D eigenvalue weighted by Crippen LogP contribution is -2.46. The smallest absolute Gasteiger partial charge is 0.310 e. The van der Waals surface area contributed by atoms with Gasteiger partial charge in [-0.05, 0) is 43.2 Å².